The monoisotopic (exact) mass is 281 g/mol. The average Bonchev–Trinajstić information content (AvgIpc) is 2.57. The van der Waals surface area contributed by atoms with Gasteiger partial charge >= 0.3 is 5.91 Å². The Morgan fingerprint density at radius 1 is 1.31 bits per heavy atom. The molecule has 0 radical (unpaired) electrons. The highest BCUT2D eigenvalue weighted by molar-refractivity contribution is 9.10. The molecule has 0 saturated carbocycles. The highest BCUT2D eigenvalue weighted by atomic mass is 79.9. The van der Waals surface area contributed by atoms with E-state index in [1.54, 1.807) is 6.20 Å². The molecule has 1 amide bonds. The number of hydrogen-bond acceptors (Lipinski definition) is 1. The zero-order valence-corrected chi connectivity index (χ0v) is 11.1. The fourth-order valence-electron chi connectivity index (χ4n) is 1.64. The molecular formula is C12H14BrN2O+. The largest absolute Gasteiger partial charge is 0.360 e. The average molecular weight is 282 g/mol. The fraction of sp³-hybridized carbons (Fsp3) is 0.250. The first-order valence-electron chi connectivity index (χ1n) is 5.02. The molecule has 1 N–H and O–H groups in total. The van der Waals surface area contributed by atoms with Crippen LogP contribution in [0.1, 0.15) is 10.4 Å². The second-order valence-corrected chi connectivity index (χ2v) is 5.63. The van der Waals surface area contributed by atoms with Crippen molar-refractivity contribution < 1.29 is 9.28 Å². The Bertz CT molecular complexity index is 552. The molecule has 2 rings (SSSR count). The highest BCUT2D eigenvalue weighted by Crippen LogP contribution is 2.23. The molecule has 0 aliphatic carbocycles. The van der Waals surface area contributed by atoms with Crippen LogP contribution in [0.5, 0.6) is 0 Å². The number of fused-ring (bicyclic) bond motifs is 1. The number of nitrogens with zero attached hydrogens (tertiary/aromatic N) is 1. The summed E-state index contributed by atoms with van der Waals surface area (Å²) in [6.45, 7) is 0. The molecule has 4 heteroatoms. The van der Waals surface area contributed by atoms with E-state index in [1.165, 1.54) is 0 Å². The Morgan fingerprint density at radius 2 is 2.00 bits per heavy atom. The third-order valence-electron chi connectivity index (χ3n) is 2.48. The first-order chi connectivity index (χ1) is 7.39. The molecule has 84 valence electrons. The number of nitrogens with one attached hydrogen (secondary N) is 1. The number of H-pyrrole nitrogens is 1. The van der Waals surface area contributed by atoms with Gasteiger partial charge in [0.2, 0.25) is 0 Å². The molecule has 3 nitrogen and oxygen atoms in total. The second-order valence-electron chi connectivity index (χ2n) is 4.71. The van der Waals surface area contributed by atoms with Crippen LogP contribution < -0.4 is 0 Å². The van der Waals surface area contributed by atoms with Gasteiger partial charge in [-0.1, -0.05) is 22.0 Å². The Kier molecular flexibility index (Phi) is 2.64. The van der Waals surface area contributed by atoms with Crippen molar-refractivity contribution in [2.45, 2.75) is 0 Å². The lowest BCUT2D eigenvalue weighted by molar-refractivity contribution is -0.785. The van der Waals surface area contributed by atoms with Gasteiger partial charge < -0.3 is 4.98 Å². The van der Waals surface area contributed by atoms with E-state index in [9.17, 15) is 4.79 Å². The minimum Gasteiger partial charge on any atom is -0.360 e. The minimum absolute atomic E-state index is 0.105. The molecule has 0 fully saturated rings. The Morgan fingerprint density at radius 3 is 2.62 bits per heavy atom. The van der Waals surface area contributed by atoms with Crippen LogP contribution in [0, 0.1) is 0 Å². The van der Waals surface area contributed by atoms with E-state index in [-0.39, 0.29) is 5.91 Å². The van der Waals surface area contributed by atoms with Crippen molar-refractivity contribution in [3.8, 4) is 0 Å². The van der Waals surface area contributed by atoms with E-state index in [4.69, 9.17) is 0 Å². The number of benzene rings is 1. The van der Waals surface area contributed by atoms with Crippen LogP contribution in [0.2, 0.25) is 0 Å². The molecule has 0 aliphatic rings. The summed E-state index contributed by atoms with van der Waals surface area (Å²) in [6.07, 6.45) is 1.78. The molecule has 1 aromatic carbocycles. The molecule has 0 saturated heterocycles. The lowest BCUT2D eigenvalue weighted by Gasteiger charge is -2.19. The van der Waals surface area contributed by atoms with Crippen LogP contribution in [-0.4, -0.2) is 36.5 Å². The number of carbonyl (C=O) groups is 1. The third-order valence-corrected chi connectivity index (χ3v) is 2.98. The first kappa shape index (κ1) is 11.4. The van der Waals surface area contributed by atoms with Crippen LogP contribution in [0.4, 0.5) is 0 Å². The highest BCUT2D eigenvalue weighted by Gasteiger charge is 2.25. The molecule has 1 heterocycles. The molecule has 1 aromatic heterocycles. The van der Waals surface area contributed by atoms with Crippen molar-refractivity contribution in [1.29, 1.82) is 0 Å². The van der Waals surface area contributed by atoms with Crippen molar-refractivity contribution in [2.75, 3.05) is 21.1 Å². The van der Waals surface area contributed by atoms with Crippen molar-refractivity contribution in [3.63, 3.8) is 0 Å². The SMILES string of the molecule is C[N+](C)(C)C(=O)c1c[nH]c2cc(Br)ccc12. The Hall–Kier alpha value is -1.13. The minimum atomic E-state index is 0.105. The van der Waals surface area contributed by atoms with E-state index in [1.807, 2.05) is 39.3 Å². The van der Waals surface area contributed by atoms with E-state index >= 15 is 0 Å². The molecule has 0 bridgehead atoms. The molecule has 0 unspecified atom stereocenters. The summed E-state index contributed by atoms with van der Waals surface area (Å²) in [5, 5.41) is 0.973. The smallest absolute Gasteiger partial charge is 0.347 e. The number of quaternary nitrogens is 1. The Balaban J connectivity index is 2.59. The fourth-order valence-corrected chi connectivity index (χ4v) is 2.00. The summed E-state index contributed by atoms with van der Waals surface area (Å²) < 4.78 is 1.30. The van der Waals surface area contributed by atoms with Gasteiger partial charge in [-0.3, -0.25) is 4.48 Å². The maximum atomic E-state index is 12.2. The summed E-state index contributed by atoms with van der Waals surface area (Å²) in [4.78, 5) is 15.3. The van der Waals surface area contributed by atoms with Crippen LogP contribution in [0.3, 0.4) is 0 Å². The molecule has 2 aromatic rings. The van der Waals surface area contributed by atoms with Gasteiger partial charge in [0.1, 0.15) is 5.56 Å². The predicted octanol–water partition coefficient (Wildman–Crippen LogP) is 2.78. The second kappa shape index (κ2) is 3.71. The number of hydrogen-bond donors (Lipinski definition) is 1. The summed E-state index contributed by atoms with van der Waals surface area (Å²) in [5.74, 6) is 0.105. The van der Waals surface area contributed by atoms with Gasteiger partial charge in [-0.15, -0.1) is 0 Å². The van der Waals surface area contributed by atoms with Crippen molar-refractivity contribution in [2.24, 2.45) is 0 Å². The van der Waals surface area contributed by atoms with E-state index < -0.39 is 0 Å². The number of aromatic nitrogens is 1. The van der Waals surface area contributed by atoms with Gasteiger partial charge in [0.25, 0.3) is 0 Å². The predicted molar refractivity (Wildman–Crippen MR) is 68.4 cm³/mol. The molecular weight excluding hydrogens is 268 g/mol. The van der Waals surface area contributed by atoms with E-state index in [0.29, 0.717) is 4.48 Å². The summed E-state index contributed by atoms with van der Waals surface area (Å²) >= 11 is 3.41. The Labute approximate surface area is 103 Å². The topological polar surface area (TPSA) is 32.9 Å². The zero-order valence-electron chi connectivity index (χ0n) is 9.54. The summed E-state index contributed by atoms with van der Waals surface area (Å²) in [5.41, 5.74) is 1.72. The van der Waals surface area contributed by atoms with Gasteiger partial charge in [0, 0.05) is 21.6 Å². The lowest BCUT2D eigenvalue weighted by Crippen LogP contribution is -2.41. The van der Waals surface area contributed by atoms with E-state index in [2.05, 4.69) is 20.9 Å². The van der Waals surface area contributed by atoms with Crippen LogP contribution in [0.15, 0.2) is 28.9 Å². The maximum absolute atomic E-state index is 12.2. The van der Waals surface area contributed by atoms with Gasteiger partial charge in [-0.2, -0.15) is 0 Å². The van der Waals surface area contributed by atoms with Crippen molar-refractivity contribution >= 4 is 32.7 Å². The number of amides is 1. The lowest BCUT2D eigenvalue weighted by atomic mass is 10.1. The van der Waals surface area contributed by atoms with E-state index in [0.717, 1.165) is 20.9 Å². The summed E-state index contributed by atoms with van der Waals surface area (Å²) in [7, 11) is 5.63. The van der Waals surface area contributed by atoms with Crippen LogP contribution >= 0.6 is 15.9 Å². The quantitative estimate of drug-likeness (QED) is 0.801. The number of rotatable bonds is 1. The number of aromatic amines is 1. The van der Waals surface area contributed by atoms with Gasteiger partial charge in [0.15, 0.2) is 0 Å². The zero-order chi connectivity index (χ0) is 11.9. The van der Waals surface area contributed by atoms with Gasteiger partial charge in [-0.05, 0) is 12.1 Å². The van der Waals surface area contributed by atoms with Gasteiger partial charge in [0.05, 0.1) is 21.1 Å². The maximum Gasteiger partial charge on any atom is 0.347 e. The van der Waals surface area contributed by atoms with Crippen molar-refractivity contribution in [3.05, 3.63) is 34.4 Å². The summed E-state index contributed by atoms with van der Waals surface area (Å²) in [6, 6.07) is 5.88. The molecule has 0 spiro atoms. The molecule has 0 atom stereocenters. The standard InChI is InChI=1S/C12H13BrN2O/c1-15(2,3)12(16)10-7-14-11-6-8(13)4-5-9(10)11/h4-7H,1-3H3/p+1. The van der Waals surface area contributed by atoms with Crippen LogP contribution in [0.25, 0.3) is 10.9 Å². The van der Waals surface area contributed by atoms with Crippen molar-refractivity contribution in [1.82, 2.24) is 4.98 Å². The third kappa shape index (κ3) is 1.90. The first-order valence-corrected chi connectivity index (χ1v) is 5.82. The molecule has 0 aliphatic heterocycles. The molecule has 16 heavy (non-hydrogen) atoms. The van der Waals surface area contributed by atoms with Gasteiger partial charge in [-0.25, -0.2) is 4.79 Å². The number of halogens is 1. The van der Waals surface area contributed by atoms with Crippen LogP contribution in [-0.2, 0) is 0 Å². The number of carbonyl (C=O) groups excluding carboxylic acids is 1. The normalized spacial score (nSPS) is 12.0.